The minimum atomic E-state index is -0.527. The number of H-pyrrole nitrogens is 1. The number of carbonyl (C=O) groups excluding carboxylic acids is 2. The van der Waals surface area contributed by atoms with E-state index in [1.54, 1.807) is 12.1 Å². The zero-order valence-electron chi connectivity index (χ0n) is 17.0. The minimum Gasteiger partial charge on any atom is -0.444 e. The first-order chi connectivity index (χ1) is 13.7. The third-order valence-electron chi connectivity index (χ3n) is 5.75. The Labute approximate surface area is 169 Å². The van der Waals surface area contributed by atoms with E-state index >= 15 is 0 Å². The molecule has 0 radical (unpaired) electrons. The topological polar surface area (TPSA) is 87.3 Å². The number of carbonyl (C=O) groups is 2. The third-order valence-corrected chi connectivity index (χ3v) is 5.75. The van der Waals surface area contributed by atoms with Crippen LogP contribution in [-0.4, -0.2) is 44.8 Å². The number of aromatic amines is 1. The number of ether oxygens (including phenoxy) is 1. The smallest absolute Gasteiger partial charge is 0.410 e. The van der Waals surface area contributed by atoms with E-state index in [0.29, 0.717) is 30.3 Å². The second kappa shape index (κ2) is 7.31. The molecule has 2 aliphatic heterocycles. The van der Waals surface area contributed by atoms with Gasteiger partial charge in [0.25, 0.3) is 0 Å². The lowest BCUT2D eigenvalue weighted by atomic mass is 9.90. The summed E-state index contributed by atoms with van der Waals surface area (Å²) in [4.78, 5) is 27.1. The molecular weight excluding hydrogens is 375 g/mol. The number of hydrogen-bond donors (Lipinski definition) is 2. The van der Waals surface area contributed by atoms with Gasteiger partial charge in [-0.3, -0.25) is 9.89 Å². The minimum absolute atomic E-state index is 0.0153. The molecular formula is C21H27FN4O3. The van der Waals surface area contributed by atoms with Crippen molar-refractivity contribution >= 4 is 22.9 Å². The lowest BCUT2D eigenvalue weighted by molar-refractivity contribution is -0.127. The van der Waals surface area contributed by atoms with E-state index in [2.05, 4.69) is 15.5 Å². The molecule has 2 fully saturated rings. The van der Waals surface area contributed by atoms with Crippen LogP contribution in [0.4, 0.5) is 9.18 Å². The predicted octanol–water partition coefficient (Wildman–Crippen LogP) is 3.50. The van der Waals surface area contributed by atoms with Gasteiger partial charge in [0.2, 0.25) is 11.9 Å². The van der Waals surface area contributed by atoms with Crippen LogP contribution < -0.4 is 5.32 Å². The Morgan fingerprint density at radius 3 is 2.62 bits per heavy atom. The summed E-state index contributed by atoms with van der Waals surface area (Å²) in [5.41, 5.74) is 0.851. The molecule has 0 spiro atoms. The van der Waals surface area contributed by atoms with Crippen LogP contribution in [0.2, 0.25) is 0 Å². The van der Waals surface area contributed by atoms with Gasteiger partial charge in [-0.05, 0) is 64.2 Å². The predicted molar refractivity (Wildman–Crippen MR) is 106 cm³/mol. The first-order valence-electron chi connectivity index (χ1n) is 10.1. The van der Waals surface area contributed by atoms with Gasteiger partial charge in [-0.15, -0.1) is 0 Å². The van der Waals surface area contributed by atoms with Crippen molar-refractivity contribution in [3.8, 4) is 0 Å². The second-order valence-electron chi connectivity index (χ2n) is 9.05. The lowest BCUT2D eigenvalue weighted by Gasteiger charge is -2.39. The average Bonchev–Trinajstić information content (AvgIpc) is 3.15. The van der Waals surface area contributed by atoms with Crippen LogP contribution in [0, 0.1) is 11.9 Å². The van der Waals surface area contributed by atoms with Crippen LogP contribution >= 0.6 is 0 Å². The number of aromatic nitrogens is 2. The fourth-order valence-corrected chi connectivity index (χ4v) is 4.47. The molecule has 2 aliphatic rings. The van der Waals surface area contributed by atoms with Crippen molar-refractivity contribution in [2.45, 2.75) is 70.7 Å². The van der Waals surface area contributed by atoms with Gasteiger partial charge < -0.3 is 15.0 Å². The number of hydrogen-bond acceptors (Lipinski definition) is 4. The summed E-state index contributed by atoms with van der Waals surface area (Å²) in [5.74, 6) is -0.613. The maximum atomic E-state index is 13.7. The standard InChI is InChI=1S/C21H27FN4O3/c1-21(2,3)29-20(28)26-14-5-6-15(26)10-13(9-14)19(27)23-11-12-4-7-17-16(8-12)18(22)25-24-17/h4,7-8,13-15H,5-6,9-11H2,1-3H3,(H,23,27)(H,24,25). The highest BCUT2D eigenvalue weighted by Crippen LogP contribution is 2.39. The van der Waals surface area contributed by atoms with E-state index < -0.39 is 11.5 Å². The van der Waals surface area contributed by atoms with Crippen molar-refractivity contribution in [3.63, 3.8) is 0 Å². The van der Waals surface area contributed by atoms with Gasteiger partial charge in [0.05, 0.1) is 10.9 Å². The highest BCUT2D eigenvalue weighted by atomic mass is 19.1. The van der Waals surface area contributed by atoms with Crippen molar-refractivity contribution in [1.29, 1.82) is 0 Å². The molecule has 3 heterocycles. The van der Waals surface area contributed by atoms with E-state index in [-0.39, 0.29) is 30.0 Å². The summed E-state index contributed by atoms with van der Waals surface area (Å²) in [7, 11) is 0. The second-order valence-corrected chi connectivity index (χ2v) is 9.05. The number of fused-ring (bicyclic) bond motifs is 3. The summed E-state index contributed by atoms with van der Waals surface area (Å²) in [6.07, 6.45) is 2.83. The molecule has 8 heteroatoms. The van der Waals surface area contributed by atoms with Crippen molar-refractivity contribution in [2.75, 3.05) is 0 Å². The molecule has 2 amide bonds. The Balaban J connectivity index is 1.36. The van der Waals surface area contributed by atoms with E-state index in [0.717, 1.165) is 18.4 Å². The summed E-state index contributed by atoms with van der Waals surface area (Å²) in [6, 6.07) is 5.36. The average molecular weight is 402 g/mol. The normalized spacial score (nSPS) is 24.0. The van der Waals surface area contributed by atoms with Gasteiger partial charge in [-0.1, -0.05) is 6.07 Å². The van der Waals surface area contributed by atoms with Crippen LogP contribution in [-0.2, 0) is 16.1 Å². The van der Waals surface area contributed by atoms with E-state index in [9.17, 15) is 14.0 Å². The van der Waals surface area contributed by atoms with Crippen LogP contribution in [0.3, 0.4) is 0 Å². The zero-order chi connectivity index (χ0) is 20.8. The Morgan fingerprint density at radius 2 is 1.97 bits per heavy atom. The van der Waals surface area contributed by atoms with E-state index in [1.807, 2.05) is 31.7 Å². The van der Waals surface area contributed by atoms with Crippen LogP contribution in [0.15, 0.2) is 18.2 Å². The fraction of sp³-hybridized carbons (Fsp3) is 0.571. The van der Waals surface area contributed by atoms with Crippen molar-refractivity contribution in [2.24, 2.45) is 5.92 Å². The molecule has 1 aromatic heterocycles. The Hall–Kier alpha value is -2.64. The molecule has 29 heavy (non-hydrogen) atoms. The number of halogens is 1. The number of benzene rings is 1. The summed E-state index contributed by atoms with van der Waals surface area (Å²) in [5, 5.41) is 9.57. The maximum absolute atomic E-state index is 13.7. The molecule has 2 unspecified atom stereocenters. The van der Waals surface area contributed by atoms with Gasteiger partial charge in [0.15, 0.2) is 0 Å². The molecule has 0 aliphatic carbocycles. The first kappa shape index (κ1) is 19.7. The molecule has 2 atom stereocenters. The van der Waals surface area contributed by atoms with E-state index in [4.69, 9.17) is 4.74 Å². The number of nitrogens with zero attached hydrogens (tertiary/aromatic N) is 2. The number of rotatable bonds is 3. The van der Waals surface area contributed by atoms with Gasteiger partial charge in [-0.25, -0.2) is 4.79 Å². The quantitative estimate of drug-likeness (QED) is 0.823. The van der Waals surface area contributed by atoms with Crippen LogP contribution in [0.5, 0.6) is 0 Å². The number of amides is 2. The molecule has 4 rings (SSSR count). The largest absolute Gasteiger partial charge is 0.444 e. The SMILES string of the molecule is CC(C)(C)OC(=O)N1C2CCC1CC(C(=O)NCc1ccc3n[nH]c(F)c3c1)C2. The van der Waals surface area contributed by atoms with Gasteiger partial charge >= 0.3 is 6.09 Å². The highest BCUT2D eigenvalue weighted by molar-refractivity contribution is 5.81. The number of piperidine rings is 1. The van der Waals surface area contributed by atoms with E-state index in [1.165, 1.54) is 0 Å². The Morgan fingerprint density at radius 1 is 1.28 bits per heavy atom. The summed E-state index contributed by atoms with van der Waals surface area (Å²) >= 11 is 0. The zero-order valence-corrected chi connectivity index (χ0v) is 17.0. The van der Waals surface area contributed by atoms with Gasteiger partial charge in [0, 0.05) is 24.5 Å². The molecule has 2 N–H and O–H groups in total. The van der Waals surface area contributed by atoms with Gasteiger partial charge in [0.1, 0.15) is 5.60 Å². The Bertz CT molecular complexity index is 922. The molecule has 2 aromatic rings. The molecule has 2 bridgehead atoms. The molecule has 1 aromatic carbocycles. The number of nitrogens with one attached hydrogen (secondary N) is 2. The maximum Gasteiger partial charge on any atom is 0.410 e. The molecule has 7 nitrogen and oxygen atoms in total. The van der Waals surface area contributed by atoms with Crippen molar-refractivity contribution in [3.05, 3.63) is 29.7 Å². The molecule has 0 saturated carbocycles. The molecule has 2 saturated heterocycles. The molecule has 156 valence electrons. The van der Waals surface area contributed by atoms with Crippen LogP contribution in [0.1, 0.15) is 52.0 Å². The van der Waals surface area contributed by atoms with Crippen molar-refractivity contribution < 1.29 is 18.7 Å². The van der Waals surface area contributed by atoms with Crippen LogP contribution in [0.25, 0.3) is 10.9 Å². The third kappa shape index (κ3) is 4.06. The fourth-order valence-electron chi connectivity index (χ4n) is 4.47. The lowest BCUT2D eigenvalue weighted by Crippen LogP contribution is -2.50. The summed E-state index contributed by atoms with van der Waals surface area (Å²) in [6.45, 7) is 5.92. The monoisotopic (exact) mass is 402 g/mol. The highest BCUT2D eigenvalue weighted by Gasteiger charge is 2.46. The van der Waals surface area contributed by atoms with Crippen molar-refractivity contribution in [1.82, 2.24) is 20.4 Å². The van der Waals surface area contributed by atoms with Gasteiger partial charge in [-0.2, -0.15) is 9.49 Å². The Kier molecular flexibility index (Phi) is 4.96. The first-order valence-corrected chi connectivity index (χ1v) is 10.1. The summed E-state index contributed by atoms with van der Waals surface area (Å²) < 4.78 is 19.2.